The summed E-state index contributed by atoms with van der Waals surface area (Å²) in [4.78, 5) is 16.3. The first-order valence-corrected chi connectivity index (χ1v) is 13.9. The predicted octanol–water partition coefficient (Wildman–Crippen LogP) is 5.13. The van der Waals surface area contributed by atoms with Gasteiger partial charge in [-0.1, -0.05) is 42.5 Å². The van der Waals surface area contributed by atoms with Gasteiger partial charge >= 0.3 is 6.18 Å². The fraction of sp³-hybridized carbons (Fsp3) is 0.387. The smallest absolute Gasteiger partial charge is 0.416 e. The third kappa shape index (κ3) is 9.57. The summed E-state index contributed by atoms with van der Waals surface area (Å²) < 4.78 is 44.8. The molecule has 7 nitrogen and oxygen atoms in total. The van der Waals surface area contributed by atoms with Crippen molar-refractivity contribution in [2.45, 2.75) is 31.7 Å². The van der Waals surface area contributed by atoms with Crippen LogP contribution in [0.5, 0.6) is 5.75 Å². The van der Waals surface area contributed by atoms with Crippen LogP contribution in [0.3, 0.4) is 0 Å². The molecule has 1 aliphatic heterocycles. The van der Waals surface area contributed by atoms with Crippen LogP contribution in [0.4, 0.5) is 13.2 Å². The van der Waals surface area contributed by atoms with Gasteiger partial charge < -0.3 is 15.0 Å². The monoisotopic (exact) mass is 570 g/mol. The highest BCUT2D eigenvalue weighted by Crippen LogP contribution is 2.32. The molecule has 3 aromatic rings. The molecule has 0 radical (unpaired) electrons. The number of halogens is 3. The number of nitrogens with zero attached hydrogens (tertiary/aromatic N) is 2. The molecule has 1 fully saturated rings. The lowest BCUT2D eigenvalue weighted by Gasteiger charge is -2.34. The SMILES string of the molecule is O=C(NO)c1ccc(CN2CCN(CCCNCC[C@@H](Oc3ccc(C(F)(F)F)cc3)c3ccccc3)CC2)cc1. The number of hydrogen-bond acceptors (Lipinski definition) is 6. The quantitative estimate of drug-likeness (QED) is 0.150. The lowest BCUT2D eigenvalue weighted by atomic mass is 10.1. The van der Waals surface area contributed by atoms with Crippen molar-refractivity contribution >= 4 is 5.91 Å². The summed E-state index contributed by atoms with van der Waals surface area (Å²) in [6, 6.07) is 21.8. The number of piperazine rings is 1. The summed E-state index contributed by atoms with van der Waals surface area (Å²) in [5.74, 6) is -0.0979. The molecule has 0 unspecified atom stereocenters. The van der Waals surface area contributed by atoms with Gasteiger partial charge in [0.2, 0.25) is 0 Å². The van der Waals surface area contributed by atoms with Crippen molar-refractivity contribution in [3.63, 3.8) is 0 Å². The van der Waals surface area contributed by atoms with Crippen molar-refractivity contribution < 1.29 is 27.9 Å². The molecule has 1 amide bonds. The third-order valence-electron chi connectivity index (χ3n) is 7.23. The second-order valence-corrected chi connectivity index (χ2v) is 10.2. The highest BCUT2D eigenvalue weighted by Gasteiger charge is 2.30. The van der Waals surface area contributed by atoms with E-state index in [0.29, 0.717) is 17.7 Å². The Labute approximate surface area is 238 Å². The van der Waals surface area contributed by atoms with Crippen LogP contribution < -0.4 is 15.5 Å². The molecular formula is C31H37F3N4O3. The van der Waals surface area contributed by atoms with E-state index in [1.54, 1.807) is 17.6 Å². The Hall–Kier alpha value is -3.44. The topological polar surface area (TPSA) is 77.1 Å². The highest BCUT2D eigenvalue weighted by atomic mass is 19.4. The molecule has 3 N–H and O–H groups in total. The Morgan fingerprint density at radius 2 is 1.54 bits per heavy atom. The van der Waals surface area contributed by atoms with Crippen LogP contribution in [0.25, 0.3) is 0 Å². The standard InChI is InChI=1S/C31H37F3N4O3/c32-31(33,34)27-11-13-28(14-12-27)41-29(25-5-2-1-3-6-25)15-17-35-16-4-18-37-19-21-38(22-20-37)23-24-7-9-26(10-8-24)30(39)36-40/h1-3,5-14,29,35,40H,4,15-23H2,(H,36,39)/t29-/m1/s1. The van der Waals surface area contributed by atoms with Gasteiger partial charge in [0.25, 0.3) is 5.91 Å². The zero-order valence-electron chi connectivity index (χ0n) is 22.9. The molecule has 0 saturated carbocycles. The number of benzene rings is 3. The van der Waals surface area contributed by atoms with Gasteiger partial charge in [-0.15, -0.1) is 0 Å². The van der Waals surface area contributed by atoms with Gasteiger partial charge in [-0.25, -0.2) is 5.48 Å². The summed E-state index contributed by atoms with van der Waals surface area (Å²) in [6.07, 6.45) is -2.93. The van der Waals surface area contributed by atoms with E-state index in [-0.39, 0.29) is 6.10 Å². The second kappa shape index (κ2) is 15.0. The predicted molar refractivity (Wildman–Crippen MR) is 151 cm³/mol. The Bertz CT molecular complexity index is 1200. The van der Waals surface area contributed by atoms with Crippen molar-refractivity contribution in [2.75, 3.05) is 45.8 Å². The zero-order valence-corrected chi connectivity index (χ0v) is 22.9. The molecule has 41 heavy (non-hydrogen) atoms. The average Bonchev–Trinajstić information content (AvgIpc) is 2.99. The Kier molecular flexibility index (Phi) is 11.1. The summed E-state index contributed by atoms with van der Waals surface area (Å²) in [5.41, 5.74) is 3.50. The molecule has 1 heterocycles. The van der Waals surface area contributed by atoms with Crippen LogP contribution in [0.2, 0.25) is 0 Å². The van der Waals surface area contributed by atoms with Crippen LogP contribution in [0, 0.1) is 0 Å². The lowest BCUT2D eigenvalue weighted by molar-refractivity contribution is -0.137. The number of rotatable bonds is 13. The molecule has 0 spiro atoms. The van der Waals surface area contributed by atoms with E-state index in [1.807, 2.05) is 42.5 Å². The van der Waals surface area contributed by atoms with Gasteiger partial charge in [-0.2, -0.15) is 13.2 Å². The molecule has 220 valence electrons. The van der Waals surface area contributed by atoms with Gasteiger partial charge in [0.15, 0.2) is 0 Å². The zero-order chi connectivity index (χ0) is 29.1. The number of hydroxylamine groups is 1. The van der Waals surface area contributed by atoms with E-state index in [9.17, 15) is 18.0 Å². The fourth-order valence-electron chi connectivity index (χ4n) is 4.89. The van der Waals surface area contributed by atoms with E-state index < -0.39 is 17.6 Å². The maximum atomic E-state index is 12.9. The van der Waals surface area contributed by atoms with Crippen molar-refractivity contribution in [1.82, 2.24) is 20.6 Å². The van der Waals surface area contributed by atoms with E-state index >= 15 is 0 Å². The van der Waals surface area contributed by atoms with Crippen LogP contribution in [0.15, 0.2) is 78.9 Å². The summed E-state index contributed by atoms with van der Waals surface area (Å²) in [6.45, 7) is 7.40. The van der Waals surface area contributed by atoms with Gasteiger partial charge in [-0.3, -0.25) is 14.9 Å². The maximum absolute atomic E-state index is 12.9. The van der Waals surface area contributed by atoms with E-state index in [0.717, 1.165) is 82.0 Å². The molecule has 3 aromatic carbocycles. The van der Waals surface area contributed by atoms with Crippen LogP contribution >= 0.6 is 0 Å². The van der Waals surface area contributed by atoms with Crippen LogP contribution in [-0.4, -0.2) is 66.7 Å². The van der Waals surface area contributed by atoms with Gasteiger partial charge in [0.05, 0.1) is 5.56 Å². The van der Waals surface area contributed by atoms with E-state index in [1.165, 1.54) is 12.1 Å². The number of amides is 1. The molecule has 1 atom stereocenters. The van der Waals surface area contributed by atoms with E-state index in [4.69, 9.17) is 9.94 Å². The number of alkyl halides is 3. The molecule has 0 aromatic heterocycles. The largest absolute Gasteiger partial charge is 0.486 e. The first kappa shape index (κ1) is 30.5. The lowest BCUT2D eigenvalue weighted by Crippen LogP contribution is -2.46. The number of hydrogen-bond donors (Lipinski definition) is 3. The number of carbonyl (C=O) groups is 1. The van der Waals surface area contributed by atoms with Crippen molar-refractivity contribution in [1.29, 1.82) is 0 Å². The molecule has 0 aliphatic carbocycles. The summed E-state index contributed by atoms with van der Waals surface area (Å²) >= 11 is 0. The Balaban J connectivity index is 1.14. The minimum absolute atomic E-state index is 0.267. The van der Waals surface area contributed by atoms with Gasteiger partial charge in [-0.05, 0) is 73.6 Å². The Morgan fingerprint density at radius 3 is 2.17 bits per heavy atom. The molecule has 4 rings (SSSR count). The Morgan fingerprint density at radius 1 is 0.878 bits per heavy atom. The van der Waals surface area contributed by atoms with Gasteiger partial charge in [0.1, 0.15) is 11.9 Å². The third-order valence-corrected chi connectivity index (χ3v) is 7.23. The van der Waals surface area contributed by atoms with Gasteiger partial charge in [0, 0.05) is 44.7 Å². The van der Waals surface area contributed by atoms with Crippen molar-refractivity contribution in [2.24, 2.45) is 0 Å². The summed E-state index contributed by atoms with van der Waals surface area (Å²) in [5, 5.41) is 12.2. The summed E-state index contributed by atoms with van der Waals surface area (Å²) in [7, 11) is 0. The maximum Gasteiger partial charge on any atom is 0.416 e. The number of nitrogens with one attached hydrogen (secondary N) is 2. The fourth-order valence-corrected chi connectivity index (χ4v) is 4.89. The van der Waals surface area contributed by atoms with E-state index in [2.05, 4.69) is 15.1 Å². The highest BCUT2D eigenvalue weighted by molar-refractivity contribution is 5.93. The number of carbonyl (C=O) groups excluding carboxylic acids is 1. The van der Waals surface area contributed by atoms with Crippen molar-refractivity contribution in [3.8, 4) is 5.75 Å². The molecule has 1 aliphatic rings. The number of ether oxygens (including phenoxy) is 1. The minimum Gasteiger partial charge on any atom is -0.486 e. The first-order valence-electron chi connectivity index (χ1n) is 13.9. The first-order chi connectivity index (χ1) is 19.8. The van der Waals surface area contributed by atoms with Crippen molar-refractivity contribution in [3.05, 3.63) is 101 Å². The molecule has 0 bridgehead atoms. The normalized spacial score (nSPS) is 15.4. The minimum atomic E-state index is -4.37. The average molecular weight is 571 g/mol. The molecular weight excluding hydrogens is 533 g/mol. The second-order valence-electron chi connectivity index (χ2n) is 10.2. The van der Waals surface area contributed by atoms with Crippen LogP contribution in [0.1, 0.15) is 46.0 Å². The molecule has 10 heteroatoms. The van der Waals surface area contributed by atoms with Crippen LogP contribution in [-0.2, 0) is 12.7 Å². The molecule has 1 saturated heterocycles.